The topological polar surface area (TPSA) is 207 Å². The summed E-state index contributed by atoms with van der Waals surface area (Å²) in [6.07, 6.45) is 13.0. The van der Waals surface area contributed by atoms with Crippen molar-refractivity contribution in [3.63, 3.8) is 0 Å². The Balaban J connectivity index is 0.00000486. The number of anilines is 1. The molecule has 0 bridgehead atoms. The summed E-state index contributed by atoms with van der Waals surface area (Å²) in [5.41, 5.74) is 2.31. The Morgan fingerprint density at radius 3 is 2.06 bits per heavy atom. The standard InChI is InChI=1S/C35H43N3O10S3.2Na/c1-6-19-36-33(39)14-8-7-9-20-37-29-17-15-25(50(43,44)45)23-27(29)34(2,3)31(37)12-10-13-32-35(4,5)28-24-26(51(46,47)48)16-18-30(28)38(32)21-11-22-49(40,41)42;;/h1,10,12-13,15-18,23-24H,7-9,11,14,19-22H2,2-5H3,(H3-,36,39,40,41,42,43,44,45,46,47,48);;/q;2*+1/p-2. The van der Waals surface area contributed by atoms with Gasteiger partial charge in [-0.05, 0) is 68.7 Å². The molecule has 0 aliphatic carbocycles. The van der Waals surface area contributed by atoms with Gasteiger partial charge in [0.2, 0.25) is 11.6 Å². The van der Waals surface area contributed by atoms with Gasteiger partial charge in [0.25, 0.3) is 0 Å². The van der Waals surface area contributed by atoms with Gasteiger partial charge in [0.05, 0.1) is 31.9 Å². The van der Waals surface area contributed by atoms with Gasteiger partial charge in [0.1, 0.15) is 26.8 Å². The van der Waals surface area contributed by atoms with Crippen LogP contribution in [-0.4, -0.2) is 80.5 Å². The van der Waals surface area contributed by atoms with Crippen LogP contribution in [0.3, 0.4) is 0 Å². The maximum atomic E-state index is 12.0. The second-order valence-corrected chi connectivity index (χ2v) is 17.8. The average Bonchev–Trinajstić information content (AvgIpc) is 3.36. The normalized spacial score (nSPS) is 16.9. The van der Waals surface area contributed by atoms with Crippen molar-refractivity contribution in [3.8, 4) is 12.3 Å². The van der Waals surface area contributed by atoms with Crippen LogP contribution in [0.2, 0.25) is 0 Å². The fraction of sp³-hybridized carbons (Fsp3) is 0.429. The summed E-state index contributed by atoms with van der Waals surface area (Å²) >= 11 is 0. The molecule has 2 aliphatic rings. The molecule has 0 unspecified atom stereocenters. The van der Waals surface area contributed by atoms with E-state index in [0.29, 0.717) is 54.8 Å². The van der Waals surface area contributed by atoms with Crippen molar-refractivity contribution in [2.24, 2.45) is 0 Å². The van der Waals surface area contributed by atoms with E-state index in [1.165, 1.54) is 30.3 Å². The minimum Gasteiger partial charge on any atom is -0.748 e. The summed E-state index contributed by atoms with van der Waals surface area (Å²) in [5.74, 6) is 1.62. The summed E-state index contributed by atoms with van der Waals surface area (Å²) in [5, 5.41) is 2.64. The third-order valence-corrected chi connectivity index (χ3v) is 11.7. The summed E-state index contributed by atoms with van der Waals surface area (Å²) in [7, 11) is -14.0. The molecule has 2 aliphatic heterocycles. The molecule has 13 nitrogen and oxygen atoms in total. The van der Waals surface area contributed by atoms with Crippen LogP contribution in [0.1, 0.15) is 70.9 Å². The number of fused-ring (bicyclic) bond motifs is 2. The smallest absolute Gasteiger partial charge is 0.748 e. The number of allylic oxidation sites excluding steroid dienone is 4. The number of hydrogen-bond donors (Lipinski definition) is 1. The molecule has 2 aromatic rings. The van der Waals surface area contributed by atoms with Gasteiger partial charge >= 0.3 is 59.1 Å². The van der Waals surface area contributed by atoms with E-state index in [1.54, 1.807) is 22.8 Å². The molecule has 0 saturated carbocycles. The number of amides is 1. The number of carbonyl (C=O) groups is 1. The number of nitrogens with one attached hydrogen (secondary N) is 1. The van der Waals surface area contributed by atoms with Crippen LogP contribution >= 0.6 is 0 Å². The molecule has 0 radical (unpaired) electrons. The quantitative estimate of drug-likeness (QED) is 0.0648. The zero-order valence-electron chi connectivity index (χ0n) is 30.8. The van der Waals surface area contributed by atoms with Crippen molar-refractivity contribution >= 4 is 53.3 Å². The van der Waals surface area contributed by atoms with Crippen LogP contribution in [0.25, 0.3) is 0 Å². The van der Waals surface area contributed by atoms with Crippen molar-refractivity contribution in [1.82, 2.24) is 5.32 Å². The Hall–Kier alpha value is -1.85. The number of benzene rings is 2. The fourth-order valence-corrected chi connectivity index (χ4v) is 8.18. The number of unbranched alkanes of at least 4 members (excludes halogenated alkanes) is 2. The second kappa shape index (κ2) is 18.4. The van der Waals surface area contributed by atoms with Gasteiger partial charge in [-0.3, -0.25) is 4.79 Å². The van der Waals surface area contributed by atoms with E-state index in [-0.39, 0.29) is 89.4 Å². The van der Waals surface area contributed by atoms with Crippen LogP contribution in [0.4, 0.5) is 11.4 Å². The second-order valence-electron chi connectivity index (χ2n) is 13.5. The molecule has 1 N–H and O–H groups in total. The van der Waals surface area contributed by atoms with Crippen molar-refractivity contribution < 1.29 is 107 Å². The predicted molar refractivity (Wildman–Crippen MR) is 189 cm³/mol. The zero-order valence-corrected chi connectivity index (χ0v) is 37.3. The molecule has 0 fully saturated rings. The maximum Gasteiger partial charge on any atom is 1.00 e. The van der Waals surface area contributed by atoms with Gasteiger partial charge in [-0.1, -0.05) is 32.3 Å². The molecular weight excluding hydrogens is 765 g/mol. The van der Waals surface area contributed by atoms with Crippen molar-refractivity contribution in [1.29, 1.82) is 0 Å². The van der Waals surface area contributed by atoms with Gasteiger partial charge in [-0.25, -0.2) is 25.3 Å². The minimum atomic E-state index is -4.77. The summed E-state index contributed by atoms with van der Waals surface area (Å²) in [6, 6.07) is 8.28. The first-order valence-electron chi connectivity index (χ1n) is 16.2. The summed E-state index contributed by atoms with van der Waals surface area (Å²) in [4.78, 5) is 13.3. The molecule has 53 heavy (non-hydrogen) atoms. The van der Waals surface area contributed by atoms with E-state index in [9.17, 15) is 43.7 Å². The van der Waals surface area contributed by atoms with Crippen LogP contribution in [0, 0.1) is 12.3 Å². The first-order chi connectivity index (χ1) is 23.6. The number of hydrogen-bond acceptors (Lipinski definition) is 11. The number of carbonyl (C=O) groups excluding carboxylic acids is 1. The maximum absolute atomic E-state index is 12.0. The molecule has 0 aromatic heterocycles. The fourth-order valence-electron chi connectivity index (χ4n) is 6.70. The van der Waals surface area contributed by atoms with Gasteiger partial charge in [0.15, 0.2) is 5.71 Å². The van der Waals surface area contributed by atoms with Crippen LogP contribution in [0.5, 0.6) is 0 Å². The molecule has 276 valence electrons. The number of terminal acetylenes is 1. The third-order valence-electron chi connectivity index (χ3n) is 9.26. The van der Waals surface area contributed by atoms with Crippen molar-refractivity contribution in [2.75, 3.05) is 30.3 Å². The predicted octanol–water partition coefficient (Wildman–Crippen LogP) is -2.64. The molecular formula is C35H41N3Na2O10S3. The monoisotopic (exact) mass is 805 g/mol. The molecule has 18 heteroatoms. The van der Waals surface area contributed by atoms with E-state index >= 15 is 0 Å². The largest absolute Gasteiger partial charge is 1.00 e. The van der Waals surface area contributed by atoms with Gasteiger partial charge < -0.3 is 23.9 Å². The van der Waals surface area contributed by atoms with Crippen LogP contribution < -0.4 is 69.3 Å². The molecule has 2 heterocycles. The summed E-state index contributed by atoms with van der Waals surface area (Å²) in [6.45, 7) is 8.28. The third kappa shape index (κ3) is 11.4. The van der Waals surface area contributed by atoms with Crippen LogP contribution in [0.15, 0.2) is 70.1 Å². The van der Waals surface area contributed by atoms with E-state index < -0.39 is 51.8 Å². The average molecular weight is 806 g/mol. The Morgan fingerprint density at radius 2 is 1.47 bits per heavy atom. The molecule has 0 saturated heterocycles. The molecule has 1 amide bonds. The van der Waals surface area contributed by atoms with Crippen molar-refractivity contribution in [2.45, 2.75) is 80.4 Å². The summed E-state index contributed by atoms with van der Waals surface area (Å²) < 4.78 is 107. The van der Waals surface area contributed by atoms with Gasteiger partial charge in [-0.15, -0.1) is 6.42 Å². The van der Waals surface area contributed by atoms with Gasteiger partial charge in [-0.2, -0.15) is 4.58 Å². The van der Waals surface area contributed by atoms with Gasteiger partial charge in [0, 0.05) is 59.6 Å². The first kappa shape index (κ1) is 47.3. The SMILES string of the molecule is C#CCNC(=O)CCCCCN1/C(=C/C=C/C2=[N+](CCCS(=O)(=O)[O-])c3ccc(S(=O)(=O)[O-])cc3C2(C)C)C(C)(C)c2cc(S(=O)(=O)[O-])ccc21.[Na+].[Na+]. The minimum absolute atomic E-state index is 0. The molecule has 4 rings (SSSR count). The Labute approximate surface area is 357 Å². The molecule has 0 atom stereocenters. The Bertz CT molecular complexity index is 2190. The van der Waals surface area contributed by atoms with Crippen LogP contribution in [-0.2, 0) is 46.0 Å². The number of rotatable bonds is 15. The first-order valence-corrected chi connectivity index (χ1v) is 20.6. The van der Waals surface area contributed by atoms with E-state index in [0.717, 1.165) is 11.4 Å². The van der Waals surface area contributed by atoms with Crippen molar-refractivity contribution in [3.05, 3.63) is 71.5 Å². The molecule has 2 aromatic carbocycles. The Kier molecular flexibility index (Phi) is 16.4. The zero-order chi connectivity index (χ0) is 38.0. The van der Waals surface area contributed by atoms with E-state index in [1.807, 2.05) is 38.7 Å². The Morgan fingerprint density at radius 1 is 0.868 bits per heavy atom. The number of nitrogens with zero attached hydrogens (tertiary/aromatic N) is 2. The van der Waals surface area contributed by atoms with E-state index in [4.69, 9.17) is 6.42 Å². The van der Waals surface area contributed by atoms with E-state index in [2.05, 4.69) is 11.2 Å². The molecule has 0 spiro atoms.